The molecule has 0 fully saturated rings. The van der Waals surface area contributed by atoms with E-state index in [9.17, 15) is 9.59 Å². The number of hydrogen-bond acceptors (Lipinski definition) is 5. The molecule has 2 heterocycles. The molecule has 2 amide bonds. The zero-order chi connectivity index (χ0) is 17.8. The molecular formula is C18H17N3O2S2. The van der Waals surface area contributed by atoms with Gasteiger partial charge in [0.1, 0.15) is 0 Å². The van der Waals surface area contributed by atoms with Gasteiger partial charge in [0, 0.05) is 11.1 Å². The Balaban J connectivity index is 1.59. The van der Waals surface area contributed by atoms with Gasteiger partial charge in [-0.2, -0.15) is 0 Å². The lowest BCUT2D eigenvalue weighted by molar-refractivity contribution is -0.115. The summed E-state index contributed by atoms with van der Waals surface area (Å²) in [6, 6.07) is 9.49. The Labute approximate surface area is 153 Å². The van der Waals surface area contributed by atoms with Crippen LogP contribution in [0, 0.1) is 13.8 Å². The Hall–Kier alpha value is -2.51. The van der Waals surface area contributed by atoms with Crippen LogP contribution < -0.4 is 10.6 Å². The number of nitrogens with one attached hydrogen (secondary N) is 2. The van der Waals surface area contributed by atoms with Crippen molar-refractivity contribution in [2.75, 3.05) is 10.6 Å². The highest BCUT2D eigenvalue weighted by Crippen LogP contribution is 2.19. The van der Waals surface area contributed by atoms with E-state index in [1.807, 2.05) is 37.4 Å². The number of amides is 2. The van der Waals surface area contributed by atoms with Gasteiger partial charge in [-0.1, -0.05) is 12.1 Å². The summed E-state index contributed by atoms with van der Waals surface area (Å²) in [7, 11) is 0. The van der Waals surface area contributed by atoms with Gasteiger partial charge in [-0.3, -0.25) is 14.9 Å². The van der Waals surface area contributed by atoms with Crippen LogP contribution >= 0.6 is 22.7 Å². The van der Waals surface area contributed by atoms with Crippen LogP contribution in [0.2, 0.25) is 0 Å². The number of anilines is 2. The van der Waals surface area contributed by atoms with E-state index in [-0.39, 0.29) is 18.2 Å². The van der Waals surface area contributed by atoms with Crippen LogP contribution in [0.25, 0.3) is 0 Å². The van der Waals surface area contributed by atoms with Crippen LogP contribution in [0.5, 0.6) is 0 Å². The van der Waals surface area contributed by atoms with Gasteiger partial charge in [0.2, 0.25) is 5.91 Å². The molecule has 0 atom stereocenters. The smallest absolute Gasteiger partial charge is 0.267 e. The molecule has 0 saturated heterocycles. The number of aryl methyl sites for hydroxylation is 2. The second-order valence-corrected chi connectivity index (χ2v) is 7.48. The lowest BCUT2D eigenvalue weighted by atomic mass is 10.1. The molecule has 5 nitrogen and oxygen atoms in total. The van der Waals surface area contributed by atoms with E-state index < -0.39 is 0 Å². The first-order valence-corrected chi connectivity index (χ1v) is 9.43. The monoisotopic (exact) mass is 371 g/mol. The second kappa shape index (κ2) is 7.58. The number of carbonyl (C=O) groups is 2. The molecule has 0 aliphatic carbocycles. The van der Waals surface area contributed by atoms with E-state index in [1.54, 1.807) is 11.4 Å². The third-order valence-electron chi connectivity index (χ3n) is 3.36. The van der Waals surface area contributed by atoms with Crippen molar-refractivity contribution in [3.8, 4) is 0 Å². The highest BCUT2D eigenvalue weighted by atomic mass is 32.1. The summed E-state index contributed by atoms with van der Waals surface area (Å²) >= 11 is 2.68. The van der Waals surface area contributed by atoms with Gasteiger partial charge < -0.3 is 5.32 Å². The molecule has 0 saturated carbocycles. The Bertz CT molecular complexity index is 881. The van der Waals surface area contributed by atoms with Crippen LogP contribution in [0.3, 0.4) is 0 Å². The molecule has 0 radical (unpaired) electrons. The predicted octanol–water partition coefficient (Wildman–Crippen LogP) is 4.25. The van der Waals surface area contributed by atoms with E-state index in [4.69, 9.17) is 0 Å². The quantitative estimate of drug-likeness (QED) is 0.704. The zero-order valence-electron chi connectivity index (χ0n) is 13.8. The van der Waals surface area contributed by atoms with E-state index in [0.717, 1.165) is 16.8 Å². The van der Waals surface area contributed by atoms with Crippen molar-refractivity contribution in [1.29, 1.82) is 0 Å². The summed E-state index contributed by atoms with van der Waals surface area (Å²) in [5, 5.41) is 9.76. The van der Waals surface area contributed by atoms with Gasteiger partial charge in [0.25, 0.3) is 5.91 Å². The van der Waals surface area contributed by atoms with Gasteiger partial charge in [-0.05, 0) is 48.6 Å². The fourth-order valence-corrected chi connectivity index (χ4v) is 3.75. The standard InChI is InChI=1S/C18H17N3O2S2/c1-11-6-12(2)8-13(7-11)19-16(22)9-14-10-25-18(20-14)21-17(23)15-4-3-5-24-15/h3-8,10H,9H2,1-2H3,(H,19,22)(H,20,21,23). The van der Waals surface area contributed by atoms with Crippen LogP contribution in [-0.2, 0) is 11.2 Å². The molecule has 7 heteroatoms. The number of carbonyl (C=O) groups excluding carboxylic acids is 2. The van der Waals surface area contributed by atoms with Crippen molar-refractivity contribution in [3.05, 3.63) is 62.8 Å². The maximum absolute atomic E-state index is 12.2. The lowest BCUT2D eigenvalue weighted by Gasteiger charge is -2.06. The van der Waals surface area contributed by atoms with E-state index in [1.165, 1.54) is 22.7 Å². The van der Waals surface area contributed by atoms with Crippen molar-refractivity contribution in [2.24, 2.45) is 0 Å². The lowest BCUT2D eigenvalue weighted by Crippen LogP contribution is -2.15. The van der Waals surface area contributed by atoms with Gasteiger partial charge in [0.05, 0.1) is 17.0 Å². The summed E-state index contributed by atoms with van der Waals surface area (Å²) < 4.78 is 0. The Kier molecular flexibility index (Phi) is 5.25. The minimum Gasteiger partial charge on any atom is -0.326 e. The van der Waals surface area contributed by atoms with Crippen molar-refractivity contribution in [1.82, 2.24) is 4.98 Å². The largest absolute Gasteiger partial charge is 0.326 e. The summed E-state index contributed by atoms with van der Waals surface area (Å²) in [4.78, 5) is 29.1. The number of benzene rings is 1. The Morgan fingerprint density at radius 2 is 1.84 bits per heavy atom. The molecule has 0 unspecified atom stereocenters. The molecule has 2 N–H and O–H groups in total. The van der Waals surface area contributed by atoms with Crippen LogP contribution in [0.4, 0.5) is 10.8 Å². The summed E-state index contributed by atoms with van der Waals surface area (Å²) in [6.07, 6.45) is 0.165. The molecule has 1 aromatic carbocycles. The first kappa shape index (κ1) is 17.3. The SMILES string of the molecule is Cc1cc(C)cc(NC(=O)Cc2csc(NC(=O)c3cccs3)n2)c1. The maximum Gasteiger partial charge on any atom is 0.267 e. The molecular weight excluding hydrogens is 354 g/mol. The Morgan fingerprint density at radius 1 is 1.08 bits per heavy atom. The number of thiophene rings is 1. The highest BCUT2D eigenvalue weighted by Gasteiger charge is 2.12. The van der Waals surface area contributed by atoms with Crippen LogP contribution in [-0.4, -0.2) is 16.8 Å². The third-order valence-corrected chi connectivity index (χ3v) is 5.04. The summed E-state index contributed by atoms with van der Waals surface area (Å²) in [5.74, 6) is -0.318. The summed E-state index contributed by atoms with van der Waals surface area (Å²) in [6.45, 7) is 3.98. The average molecular weight is 371 g/mol. The number of nitrogens with zero attached hydrogens (tertiary/aromatic N) is 1. The molecule has 0 spiro atoms. The number of thiazole rings is 1. The first-order valence-electron chi connectivity index (χ1n) is 7.67. The maximum atomic E-state index is 12.2. The summed E-state index contributed by atoms with van der Waals surface area (Å²) in [5.41, 5.74) is 3.61. The fraction of sp³-hybridized carbons (Fsp3) is 0.167. The van der Waals surface area contributed by atoms with E-state index in [2.05, 4.69) is 21.7 Å². The van der Waals surface area contributed by atoms with Crippen molar-refractivity contribution >= 4 is 45.3 Å². The molecule has 0 aliphatic rings. The Morgan fingerprint density at radius 3 is 2.52 bits per heavy atom. The molecule has 0 aliphatic heterocycles. The first-order chi connectivity index (χ1) is 12.0. The highest BCUT2D eigenvalue weighted by molar-refractivity contribution is 7.14. The number of hydrogen-bond donors (Lipinski definition) is 2. The van der Waals surface area contributed by atoms with E-state index >= 15 is 0 Å². The number of rotatable bonds is 5. The minimum absolute atomic E-state index is 0.133. The molecule has 3 aromatic rings. The topological polar surface area (TPSA) is 71.1 Å². The van der Waals surface area contributed by atoms with Gasteiger partial charge in [-0.15, -0.1) is 22.7 Å². The molecule has 128 valence electrons. The molecule has 2 aromatic heterocycles. The molecule has 25 heavy (non-hydrogen) atoms. The number of aromatic nitrogens is 1. The van der Waals surface area contributed by atoms with Crippen molar-refractivity contribution in [2.45, 2.75) is 20.3 Å². The van der Waals surface area contributed by atoms with Gasteiger partial charge in [-0.25, -0.2) is 4.98 Å². The van der Waals surface area contributed by atoms with Gasteiger partial charge >= 0.3 is 0 Å². The fourth-order valence-electron chi connectivity index (χ4n) is 2.43. The second-order valence-electron chi connectivity index (χ2n) is 5.68. The van der Waals surface area contributed by atoms with Crippen molar-refractivity contribution in [3.63, 3.8) is 0 Å². The van der Waals surface area contributed by atoms with Crippen LogP contribution in [0.15, 0.2) is 41.1 Å². The van der Waals surface area contributed by atoms with Gasteiger partial charge in [0.15, 0.2) is 5.13 Å². The normalized spacial score (nSPS) is 10.5. The third kappa shape index (κ3) is 4.74. The van der Waals surface area contributed by atoms with Crippen LogP contribution in [0.1, 0.15) is 26.5 Å². The zero-order valence-corrected chi connectivity index (χ0v) is 15.5. The van der Waals surface area contributed by atoms with E-state index in [0.29, 0.717) is 15.7 Å². The molecule has 3 rings (SSSR count). The predicted molar refractivity (Wildman–Crippen MR) is 103 cm³/mol. The molecule has 0 bridgehead atoms. The minimum atomic E-state index is -0.185. The van der Waals surface area contributed by atoms with Crippen molar-refractivity contribution < 1.29 is 9.59 Å². The average Bonchev–Trinajstić information content (AvgIpc) is 3.17.